The number of carbonyl (C=O) groups is 1. The summed E-state index contributed by atoms with van der Waals surface area (Å²) in [6.45, 7) is 1.88. The highest BCUT2D eigenvalue weighted by Crippen LogP contribution is 2.26. The van der Waals surface area contributed by atoms with Crippen molar-refractivity contribution in [1.29, 1.82) is 0 Å². The fraction of sp³-hybridized carbons (Fsp3) is 0.133. The first-order valence-electron chi connectivity index (χ1n) is 11.8. The van der Waals surface area contributed by atoms with E-state index >= 15 is 0 Å². The van der Waals surface area contributed by atoms with Gasteiger partial charge in [0.1, 0.15) is 22.9 Å². The van der Waals surface area contributed by atoms with Gasteiger partial charge >= 0.3 is 0 Å². The molecule has 1 unspecified atom stereocenters. The molecular formula is C30H27N3O3. The van der Waals surface area contributed by atoms with Crippen LogP contribution in [0.5, 0.6) is 5.75 Å². The van der Waals surface area contributed by atoms with E-state index in [0.29, 0.717) is 23.6 Å². The molecule has 1 atom stereocenters. The summed E-state index contributed by atoms with van der Waals surface area (Å²) in [7, 11) is 1.62. The minimum absolute atomic E-state index is 0.213. The molecule has 2 heterocycles. The maximum atomic E-state index is 13.8. The first-order chi connectivity index (χ1) is 17.6. The van der Waals surface area contributed by atoms with Crippen molar-refractivity contribution in [3.8, 4) is 22.9 Å². The third-order valence-corrected chi connectivity index (χ3v) is 6.04. The van der Waals surface area contributed by atoms with E-state index in [2.05, 4.69) is 17.4 Å². The van der Waals surface area contributed by atoms with Crippen LogP contribution in [0.4, 0.5) is 0 Å². The van der Waals surface area contributed by atoms with Crippen LogP contribution in [0.3, 0.4) is 0 Å². The van der Waals surface area contributed by atoms with E-state index in [9.17, 15) is 4.79 Å². The number of aromatic nitrogens is 2. The van der Waals surface area contributed by atoms with Crippen molar-refractivity contribution >= 4 is 5.91 Å². The molecule has 0 saturated heterocycles. The largest absolute Gasteiger partial charge is 0.497 e. The summed E-state index contributed by atoms with van der Waals surface area (Å²) in [6.07, 6.45) is 0.664. The third kappa shape index (κ3) is 5.08. The third-order valence-electron chi connectivity index (χ3n) is 6.04. The van der Waals surface area contributed by atoms with Crippen LogP contribution in [0.1, 0.15) is 33.4 Å². The molecule has 1 amide bonds. The molecule has 6 nitrogen and oxygen atoms in total. The second-order valence-corrected chi connectivity index (χ2v) is 8.56. The molecule has 3 aromatic carbocycles. The normalized spacial score (nSPS) is 11.7. The number of ether oxygens (including phenoxy) is 1. The zero-order valence-electron chi connectivity index (χ0n) is 20.2. The zero-order chi connectivity index (χ0) is 24.9. The van der Waals surface area contributed by atoms with Crippen molar-refractivity contribution in [3.05, 3.63) is 126 Å². The van der Waals surface area contributed by atoms with E-state index in [1.807, 2.05) is 91.9 Å². The fourth-order valence-electron chi connectivity index (χ4n) is 4.18. The van der Waals surface area contributed by atoms with Gasteiger partial charge in [-0.05, 0) is 60.9 Å². The summed E-state index contributed by atoms with van der Waals surface area (Å²) >= 11 is 0. The van der Waals surface area contributed by atoms with Gasteiger partial charge in [0.15, 0.2) is 5.76 Å². The van der Waals surface area contributed by atoms with Crippen molar-refractivity contribution in [2.24, 2.45) is 0 Å². The molecule has 0 spiro atoms. The van der Waals surface area contributed by atoms with Gasteiger partial charge in [-0.1, -0.05) is 60.7 Å². The maximum Gasteiger partial charge on any atom is 0.270 e. The molecule has 5 aromatic rings. The minimum Gasteiger partial charge on any atom is -0.497 e. The average molecular weight is 478 g/mol. The predicted octanol–water partition coefficient (Wildman–Crippen LogP) is 6.16. The van der Waals surface area contributed by atoms with Gasteiger partial charge in [0.25, 0.3) is 5.91 Å². The summed E-state index contributed by atoms with van der Waals surface area (Å²) in [6, 6.07) is 32.9. The van der Waals surface area contributed by atoms with Crippen molar-refractivity contribution in [3.63, 3.8) is 0 Å². The predicted molar refractivity (Wildman–Crippen MR) is 139 cm³/mol. The van der Waals surface area contributed by atoms with Gasteiger partial charge in [-0.25, -0.2) is 4.68 Å². The number of methoxy groups -OCH3 is 1. The van der Waals surface area contributed by atoms with Gasteiger partial charge in [-0.2, -0.15) is 5.10 Å². The van der Waals surface area contributed by atoms with Crippen LogP contribution in [-0.2, 0) is 6.42 Å². The van der Waals surface area contributed by atoms with Gasteiger partial charge in [0.2, 0.25) is 0 Å². The Bertz CT molecular complexity index is 1440. The summed E-state index contributed by atoms with van der Waals surface area (Å²) in [5.41, 5.74) is 3.92. The first kappa shape index (κ1) is 23.2. The van der Waals surface area contributed by atoms with Gasteiger partial charge in [0, 0.05) is 6.07 Å². The number of nitrogens with zero attached hydrogens (tertiary/aromatic N) is 2. The van der Waals surface area contributed by atoms with Crippen molar-refractivity contribution in [2.45, 2.75) is 19.4 Å². The molecule has 180 valence electrons. The molecule has 0 fully saturated rings. The molecule has 0 aliphatic rings. The molecule has 2 aromatic heterocycles. The van der Waals surface area contributed by atoms with Crippen molar-refractivity contribution < 1.29 is 13.9 Å². The highest BCUT2D eigenvalue weighted by Gasteiger charge is 2.23. The Morgan fingerprint density at radius 3 is 2.28 bits per heavy atom. The van der Waals surface area contributed by atoms with E-state index in [0.717, 1.165) is 28.3 Å². The van der Waals surface area contributed by atoms with Crippen LogP contribution in [0.15, 0.2) is 108 Å². The van der Waals surface area contributed by atoms with E-state index in [1.54, 1.807) is 17.9 Å². The Labute approximate surface area is 210 Å². The highest BCUT2D eigenvalue weighted by molar-refractivity contribution is 5.94. The second-order valence-electron chi connectivity index (χ2n) is 8.56. The number of carbonyl (C=O) groups excluding carboxylic acids is 1. The van der Waals surface area contributed by atoms with Crippen LogP contribution in [-0.4, -0.2) is 22.8 Å². The Morgan fingerprint density at radius 1 is 0.944 bits per heavy atom. The molecule has 0 radical (unpaired) electrons. The molecule has 0 saturated carbocycles. The smallest absolute Gasteiger partial charge is 0.270 e. The van der Waals surface area contributed by atoms with Crippen LogP contribution in [0.2, 0.25) is 0 Å². The van der Waals surface area contributed by atoms with Gasteiger partial charge in [-0.3, -0.25) is 4.79 Å². The number of aryl methyl sites for hydroxylation is 1. The average Bonchev–Trinajstić information content (AvgIpc) is 3.56. The first-order valence-corrected chi connectivity index (χ1v) is 11.8. The lowest BCUT2D eigenvalue weighted by Gasteiger charge is -2.20. The lowest BCUT2D eigenvalue weighted by atomic mass is 9.98. The molecule has 0 bridgehead atoms. The minimum atomic E-state index is -0.224. The Kier molecular flexibility index (Phi) is 6.67. The topological polar surface area (TPSA) is 69.3 Å². The lowest BCUT2D eigenvalue weighted by Crippen LogP contribution is -2.31. The number of benzene rings is 3. The molecule has 1 N–H and O–H groups in total. The van der Waals surface area contributed by atoms with Crippen LogP contribution in [0, 0.1) is 6.92 Å². The van der Waals surface area contributed by atoms with E-state index in [4.69, 9.17) is 14.3 Å². The van der Waals surface area contributed by atoms with Crippen molar-refractivity contribution in [2.75, 3.05) is 7.11 Å². The fourth-order valence-corrected chi connectivity index (χ4v) is 4.18. The maximum absolute atomic E-state index is 13.8. The number of hydrogen-bond acceptors (Lipinski definition) is 4. The lowest BCUT2D eigenvalue weighted by molar-refractivity contribution is 0.0928. The van der Waals surface area contributed by atoms with Crippen LogP contribution < -0.4 is 10.1 Å². The number of nitrogens with one attached hydrogen (secondary N) is 1. The van der Waals surface area contributed by atoms with Crippen LogP contribution >= 0.6 is 0 Å². The second kappa shape index (κ2) is 10.4. The summed E-state index contributed by atoms with van der Waals surface area (Å²) in [4.78, 5) is 13.8. The molecule has 0 aliphatic carbocycles. The van der Waals surface area contributed by atoms with Crippen molar-refractivity contribution in [1.82, 2.24) is 15.1 Å². The molecular weight excluding hydrogens is 450 g/mol. The summed E-state index contributed by atoms with van der Waals surface area (Å²) in [5, 5.41) is 7.97. The van der Waals surface area contributed by atoms with E-state index in [-0.39, 0.29) is 11.9 Å². The Hall–Kier alpha value is -4.58. The molecule has 6 heteroatoms. The SMILES string of the molecule is COc1ccc(-n2nc(-c3ccc(C)o3)cc2C(=O)NC(Cc2ccccc2)c2ccccc2)cc1. The summed E-state index contributed by atoms with van der Waals surface area (Å²) < 4.78 is 12.7. The van der Waals surface area contributed by atoms with Gasteiger partial charge in [-0.15, -0.1) is 0 Å². The monoisotopic (exact) mass is 477 g/mol. The number of hydrogen-bond donors (Lipinski definition) is 1. The number of rotatable bonds is 8. The Morgan fingerprint density at radius 2 is 1.64 bits per heavy atom. The van der Waals surface area contributed by atoms with Crippen LogP contribution in [0.25, 0.3) is 17.1 Å². The molecule has 5 rings (SSSR count). The van der Waals surface area contributed by atoms with Gasteiger partial charge in [0.05, 0.1) is 18.8 Å². The van der Waals surface area contributed by atoms with Gasteiger partial charge < -0.3 is 14.5 Å². The summed E-state index contributed by atoms with van der Waals surface area (Å²) in [5.74, 6) is 1.89. The number of furan rings is 1. The zero-order valence-corrected chi connectivity index (χ0v) is 20.2. The molecule has 0 aliphatic heterocycles. The quantitative estimate of drug-likeness (QED) is 0.290. The highest BCUT2D eigenvalue weighted by atomic mass is 16.5. The van der Waals surface area contributed by atoms with E-state index < -0.39 is 0 Å². The Balaban J connectivity index is 1.52. The van der Waals surface area contributed by atoms with E-state index in [1.165, 1.54) is 0 Å². The standard InChI is InChI=1S/C30H27N3O3/c1-21-13-18-29(36-21)27-20-28(33(32-27)24-14-16-25(35-2)17-15-24)30(34)31-26(23-11-7-4-8-12-23)19-22-9-5-3-6-10-22/h3-18,20,26H,19H2,1-2H3,(H,31,34). The molecule has 36 heavy (non-hydrogen) atoms. The number of amides is 1.